The lowest BCUT2D eigenvalue weighted by atomic mass is 9.59. The van der Waals surface area contributed by atoms with Crippen molar-refractivity contribution in [1.82, 2.24) is 4.90 Å². The number of amides is 2. The average molecular weight is 571 g/mol. The molecule has 36 heavy (non-hydrogen) atoms. The van der Waals surface area contributed by atoms with Crippen molar-refractivity contribution >= 4 is 50.9 Å². The summed E-state index contributed by atoms with van der Waals surface area (Å²) in [4.78, 5) is 55.4. The summed E-state index contributed by atoms with van der Waals surface area (Å²) in [7, 11) is 0. The Labute approximate surface area is 222 Å². The quantitative estimate of drug-likeness (QED) is 0.302. The van der Waals surface area contributed by atoms with Crippen molar-refractivity contribution in [3.05, 3.63) is 62.1 Å². The summed E-state index contributed by atoms with van der Waals surface area (Å²) >= 11 is 9.52. The van der Waals surface area contributed by atoms with E-state index in [0.717, 1.165) is 37.7 Å². The number of allylic oxidation sites excluding steroid dienone is 6. The number of nitrogens with zero attached hydrogens (tertiary/aromatic N) is 1. The van der Waals surface area contributed by atoms with Gasteiger partial charge in [0.25, 0.3) is 0 Å². The number of Topliss-reactive ketones (excluding diaryl/α,β-unsaturated/α-hetero) is 1. The summed E-state index contributed by atoms with van der Waals surface area (Å²) in [6.07, 6.45) is 8.65. The minimum absolute atomic E-state index is 0.0357. The number of hydrogen-bond acceptors (Lipinski definition) is 5. The number of phenols is 1. The average Bonchev–Trinajstić information content (AvgIpc) is 3.13. The Balaban J connectivity index is 1.48. The van der Waals surface area contributed by atoms with E-state index < -0.39 is 23.7 Å². The van der Waals surface area contributed by atoms with E-state index in [-0.39, 0.29) is 46.1 Å². The Morgan fingerprint density at radius 3 is 2.50 bits per heavy atom. The Hall–Kier alpha value is -2.51. The molecule has 1 aromatic rings. The van der Waals surface area contributed by atoms with Gasteiger partial charge in [-0.3, -0.25) is 24.1 Å². The second-order valence-corrected chi connectivity index (χ2v) is 11.7. The summed E-state index contributed by atoms with van der Waals surface area (Å²) in [6, 6.07) is 4.59. The molecule has 5 aliphatic rings. The van der Waals surface area contributed by atoms with Crippen LogP contribution in [0.4, 0.5) is 0 Å². The maximum Gasteiger partial charge on any atom is 0.233 e. The van der Waals surface area contributed by atoms with E-state index in [4.69, 9.17) is 11.6 Å². The van der Waals surface area contributed by atoms with E-state index in [1.54, 1.807) is 12.1 Å². The van der Waals surface area contributed by atoms with Crippen molar-refractivity contribution in [3.63, 3.8) is 0 Å². The molecular formula is C28H25BrClNO5. The van der Waals surface area contributed by atoms with Crippen LogP contribution in [0.3, 0.4) is 0 Å². The van der Waals surface area contributed by atoms with Crippen molar-refractivity contribution in [1.29, 1.82) is 0 Å². The largest absolute Gasteiger partial charge is 0.508 e. The van der Waals surface area contributed by atoms with Crippen molar-refractivity contribution in [3.8, 4) is 5.75 Å². The zero-order valence-electron chi connectivity index (χ0n) is 19.5. The highest BCUT2D eigenvalue weighted by Crippen LogP contribution is 2.56. The van der Waals surface area contributed by atoms with Crippen molar-refractivity contribution < 1.29 is 24.3 Å². The first-order valence-electron chi connectivity index (χ1n) is 12.5. The van der Waals surface area contributed by atoms with Crippen LogP contribution in [0, 0.1) is 17.8 Å². The molecule has 6 nitrogen and oxygen atoms in total. The number of carbonyl (C=O) groups is 4. The fourth-order valence-corrected chi connectivity index (χ4v) is 7.67. The first-order chi connectivity index (χ1) is 17.3. The third-order valence-corrected chi connectivity index (χ3v) is 9.43. The number of hydrogen-bond donors (Lipinski definition) is 1. The van der Waals surface area contributed by atoms with Crippen LogP contribution >= 0.6 is 27.5 Å². The van der Waals surface area contributed by atoms with Crippen LogP contribution in [0.15, 0.2) is 51.6 Å². The third-order valence-electron chi connectivity index (χ3n) is 8.61. The number of fused-ring (bicyclic) bond motifs is 3. The van der Waals surface area contributed by atoms with E-state index in [1.165, 1.54) is 17.0 Å². The molecule has 186 valence electrons. The van der Waals surface area contributed by atoms with Gasteiger partial charge >= 0.3 is 0 Å². The molecule has 6 rings (SSSR count). The van der Waals surface area contributed by atoms with Gasteiger partial charge in [-0.2, -0.15) is 0 Å². The lowest BCUT2D eigenvalue weighted by molar-refractivity contribution is -0.143. The molecule has 0 spiro atoms. The fourth-order valence-electron chi connectivity index (χ4n) is 7.04. The minimum atomic E-state index is -0.710. The van der Waals surface area contributed by atoms with Crippen molar-refractivity contribution in [2.45, 2.75) is 56.9 Å². The number of halogens is 2. The molecule has 1 saturated carbocycles. The lowest BCUT2D eigenvalue weighted by Gasteiger charge is -2.42. The Bertz CT molecular complexity index is 1320. The van der Waals surface area contributed by atoms with E-state index in [0.29, 0.717) is 28.2 Å². The van der Waals surface area contributed by atoms with Crippen molar-refractivity contribution in [2.24, 2.45) is 17.8 Å². The van der Waals surface area contributed by atoms with Crippen LogP contribution in [0.5, 0.6) is 5.75 Å². The van der Waals surface area contributed by atoms with E-state index in [1.807, 2.05) is 6.08 Å². The van der Waals surface area contributed by atoms with Crippen LogP contribution in [-0.2, 0) is 19.2 Å². The van der Waals surface area contributed by atoms with Gasteiger partial charge in [-0.15, -0.1) is 0 Å². The molecule has 0 aromatic heterocycles. The molecule has 2 fully saturated rings. The smallest absolute Gasteiger partial charge is 0.233 e. The summed E-state index contributed by atoms with van der Waals surface area (Å²) in [5.41, 5.74) is 1.91. The highest BCUT2D eigenvalue weighted by atomic mass is 79.9. The molecule has 8 heteroatoms. The number of carbonyl (C=O) groups excluding carboxylic acids is 4. The maximum absolute atomic E-state index is 13.9. The topological polar surface area (TPSA) is 91.8 Å². The van der Waals surface area contributed by atoms with E-state index in [2.05, 4.69) is 15.9 Å². The second kappa shape index (κ2) is 8.80. The predicted octanol–water partition coefficient (Wildman–Crippen LogP) is 5.14. The second-order valence-electron chi connectivity index (χ2n) is 10.4. The van der Waals surface area contributed by atoms with Crippen LogP contribution in [0.2, 0.25) is 5.02 Å². The van der Waals surface area contributed by atoms with E-state index in [9.17, 15) is 24.3 Å². The van der Waals surface area contributed by atoms with Gasteiger partial charge in [0.15, 0.2) is 11.6 Å². The minimum Gasteiger partial charge on any atom is -0.508 e. The number of phenolic OH excluding ortho intramolecular Hbond substituents is 1. The summed E-state index contributed by atoms with van der Waals surface area (Å²) in [5.74, 6) is -3.06. The molecule has 2 amide bonds. The van der Waals surface area contributed by atoms with Gasteiger partial charge in [0.1, 0.15) is 5.75 Å². The molecule has 1 aromatic carbocycles. The fraction of sp³-hybridized carbons (Fsp3) is 0.429. The van der Waals surface area contributed by atoms with Gasteiger partial charge in [-0.25, -0.2) is 0 Å². The third kappa shape index (κ3) is 3.50. The normalized spacial score (nSPS) is 30.7. The highest BCUT2D eigenvalue weighted by molar-refractivity contribution is 9.12. The number of aromatic hydroxyl groups is 1. The molecule has 0 radical (unpaired) electrons. The number of imide groups is 1. The molecule has 1 heterocycles. The Kier molecular flexibility index (Phi) is 5.84. The van der Waals surface area contributed by atoms with Crippen molar-refractivity contribution in [2.75, 3.05) is 0 Å². The van der Waals surface area contributed by atoms with Gasteiger partial charge in [-0.05, 0) is 65.7 Å². The monoisotopic (exact) mass is 569 g/mol. The zero-order valence-corrected chi connectivity index (χ0v) is 21.8. The molecule has 1 aliphatic heterocycles. The maximum atomic E-state index is 13.9. The van der Waals surface area contributed by atoms with E-state index >= 15 is 0 Å². The first kappa shape index (κ1) is 23.9. The first-order valence-corrected chi connectivity index (χ1v) is 13.7. The molecule has 0 bridgehead atoms. The van der Waals surface area contributed by atoms with Gasteiger partial charge < -0.3 is 5.11 Å². The van der Waals surface area contributed by atoms with Gasteiger partial charge in [0, 0.05) is 39.8 Å². The zero-order chi connectivity index (χ0) is 25.3. The number of ketones is 2. The lowest BCUT2D eigenvalue weighted by Crippen LogP contribution is -2.43. The standard InChI is InChI=1S/C28H25BrClNO5/c29-20-12-22(33)25-19(26(20)34)11-17-15(23(25)18-10-13(30)6-9-21(18)32)7-8-16-24(17)28(36)31(27(16)35)14-4-2-1-3-5-14/h6-7,9-10,12,14,16-17,23-24,32H,1-5,8,11H2. The Morgan fingerprint density at radius 1 is 1.00 bits per heavy atom. The van der Waals surface area contributed by atoms with Crippen LogP contribution in [0.1, 0.15) is 56.4 Å². The summed E-state index contributed by atoms with van der Waals surface area (Å²) in [6.45, 7) is 0. The number of benzene rings is 1. The molecule has 4 aliphatic carbocycles. The SMILES string of the molecule is O=C1C=C(Br)C(=O)C2=C1C(c1cc(Cl)ccc1O)C1=CCC3C(=O)N(C4CCCCC4)C(=O)C3C1C2. The highest BCUT2D eigenvalue weighted by Gasteiger charge is 2.57. The summed E-state index contributed by atoms with van der Waals surface area (Å²) < 4.78 is 0.178. The molecule has 4 unspecified atom stereocenters. The molecule has 4 atom stereocenters. The molecule has 1 N–H and O–H groups in total. The molecular weight excluding hydrogens is 546 g/mol. The van der Waals surface area contributed by atoms with Crippen LogP contribution in [0.25, 0.3) is 0 Å². The number of rotatable bonds is 2. The Morgan fingerprint density at radius 2 is 1.75 bits per heavy atom. The molecule has 1 saturated heterocycles. The van der Waals surface area contributed by atoms with Crippen LogP contribution < -0.4 is 0 Å². The predicted molar refractivity (Wildman–Crippen MR) is 136 cm³/mol. The van der Waals surface area contributed by atoms with Gasteiger partial charge in [0.2, 0.25) is 11.8 Å². The van der Waals surface area contributed by atoms with Crippen LogP contribution in [-0.4, -0.2) is 39.4 Å². The number of likely N-dealkylation sites (tertiary alicyclic amines) is 1. The van der Waals surface area contributed by atoms with Gasteiger partial charge in [-0.1, -0.05) is 42.5 Å². The summed E-state index contributed by atoms with van der Waals surface area (Å²) in [5, 5.41) is 11.2. The van der Waals surface area contributed by atoms with Gasteiger partial charge in [0.05, 0.1) is 16.3 Å².